The summed E-state index contributed by atoms with van der Waals surface area (Å²) in [5.74, 6) is 1.22. The highest BCUT2D eigenvalue weighted by Gasteiger charge is 2.21. The van der Waals surface area contributed by atoms with Gasteiger partial charge in [-0.1, -0.05) is 6.58 Å². The van der Waals surface area contributed by atoms with Crippen LogP contribution in [0.2, 0.25) is 0 Å². The zero-order valence-corrected chi connectivity index (χ0v) is 17.4. The summed E-state index contributed by atoms with van der Waals surface area (Å²) in [6, 6.07) is 5.94. The van der Waals surface area contributed by atoms with Crippen molar-refractivity contribution in [1.82, 2.24) is 14.8 Å². The van der Waals surface area contributed by atoms with E-state index in [0.717, 1.165) is 60.4 Å². The Morgan fingerprint density at radius 1 is 1.28 bits per heavy atom. The summed E-state index contributed by atoms with van der Waals surface area (Å²) in [5.41, 5.74) is 2.96. The Bertz CT molecular complexity index is 1000. The lowest BCUT2D eigenvalue weighted by atomic mass is 10.00. The van der Waals surface area contributed by atoms with Gasteiger partial charge in [-0.05, 0) is 74.6 Å². The third kappa shape index (κ3) is 4.17. The van der Waals surface area contributed by atoms with E-state index >= 15 is 0 Å². The Balaban J connectivity index is 1.53. The molecule has 0 atom stereocenters. The maximum atomic E-state index is 14.6. The summed E-state index contributed by atoms with van der Waals surface area (Å²) in [6.07, 6.45) is 6.41. The quantitative estimate of drug-likeness (QED) is 0.813. The maximum Gasteiger partial charge on any atom is 0.133 e. The average molecular weight is 394 g/mol. The molecule has 0 saturated carbocycles. The molecule has 1 N–H and O–H groups in total. The highest BCUT2D eigenvalue weighted by atomic mass is 19.1. The van der Waals surface area contributed by atoms with E-state index in [1.165, 1.54) is 0 Å². The van der Waals surface area contributed by atoms with Gasteiger partial charge >= 0.3 is 0 Å². The molecule has 1 fully saturated rings. The zero-order chi connectivity index (χ0) is 20.5. The smallest absolute Gasteiger partial charge is 0.133 e. The van der Waals surface area contributed by atoms with Gasteiger partial charge in [0.1, 0.15) is 11.6 Å². The normalized spacial score (nSPS) is 17.9. The molecule has 2 aromatic rings. The number of rotatable bonds is 5. The van der Waals surface area contributed by atoms with Crippen molar-refractivity contribution in [2.45, 2.75) is 32.2 Å². The van der Waals surface area contributed by atoms with Crippen LogP contribution in [0.1, 0.15) is 31.7 Å². The Hall–Kier alpha value is -2.73. The maximum absolute atomic E-state index is 14.6. The van der Waals surface area contributed by atoms with Gasteiger partial charge in [0.05, 0.1) is 5.82 Å². The molecule has 0 amide bonds. The molecular formula is C23H28FN5. The van der Waals surface area contributed by atoms with Crippen molar-refractivity contribution < 1.29 is 4.39 Å². The van der Waals surface area contributed by atoms with Crippen molar-refractivity contribution in [2.75, 3.05) is 32.5 Å². The van der Waals surface area contributed by atoms with Crippen LogP contribution in [0.5, 0.6) is 0 Å². The number of pyridine rings is 1. The van der Waals surface area contributed by atoms with Crippen LogP contribution in [0.4, 0.5) is 10.2 Å². The Labute approximate surface area is 171 Å². The molecular weight excluding hydrogens is 365 g/mol. The number of nitrogens with one attached hydrogen (secondary N) is 1. The molecule has 0 radical (unpaired) electrons. The molecule has 6 heteroatoms. The van der Waals surface area contributed by atoms with E-state index in [0.29, 0.717) is 17.2 Å². The molecule has 0 bridgehead atoms. The first-order chi connectivity index (χ1) is 13.9. The van der Waals surface area contributed by atoms with Gasteiger partial charge in [-0.25, -0.2) is 9.37 Å². The molecule has 1 aromatic heterocycles. The minimum atomic E-state index is -0.260. The number of hydrogen-bond donors (Lipinski definition) is 1. The number of benzene rings is 1. The summed E-state index contributed by atoms with van der Waals surface area (Å²) in [5, 5.41) is 4.64. The van der Waals surface area contributed by atoms with Gasteiger partial charge in [0, 0.05) is 43.0 Å². The predicted octanol–water partition coefficient (Wildman–Crippen LogP) is 4.49. The molecule has 4 rings (SSSR count). The van der Waals surface area contributed by atoms with E-state index in [1.807, 2.05) is 25.3 Å². The highest BCUT2D eigenvalue weighted by Crippen LogP contribution is 2.29. The number of nitrogens with zero attached hydrogens (tertiary/aromatic N) is 4. The fourth-order valence-electron chi connectivity index (χ4n) is 4.04. The second-order valence-corrected chi connectivity index (χ2v) is 8.16. The van der Waals surface area contributed by atoms with Crippen LogP contribution in [-0.2, 0) is 0 Å². The van der Waals surface area contributed by atoms with Gasteiger partial charge < -0.3 is 15.1 Å². The number of hydrogen-bond acceptors (Lipinski definition) is 5. The zero-order valence-electron chi connectivity index (χ0n) is 17.4. The number of piperidine rings is 1. The molecule has 0 aliphatic carbocycles. The predicted molar refractivity (Wildman–Crippen MR) is 118 cm³/mol. The second kappa shape index (κ2) is 7.95. The highest BCUT2D eigenvalue weighted by molar-refractivity contribution is 5.98. The fourth-order valence-corrected chi connectivity index (χ4v) is 4.04. The van der Waals surface area contributed by atoms with Crippen LogP contribution >= 0.6 is 0 Å². The van der Waals surface area contributed by atoms with Crippen LogP contribution in [0, 0.1) is 5.82 Å². The van der Waals surface area contributed by atoms with Crippen molar-refractivity contribution in [3.8, 4) is 0 Å². The minimum Gasteiger partial charge on any atom is -0.359 e. The monoisotopic (exact) mass is 393 g/mol. The lowest BCUT2D eigenvalue weighted by molar-refractivity contribution is 0.172. The molecule has 1 aromatic carbocycles. The van der Waals surface area contributed by atoms with E-state index < -0.39 is 0 Å². The fraction of sp³-hybridized carbons (Fsp3) is 0.391. The standard InChI is InChI=1S/C23H28FN5/c1-15-9-19(13-25-15)17-10-18-12-23(26-14-21(18)22(24)11-17)27-16(2)29(4)20-5-7-28(3)8-6-20/h10-14,20H,2,5-9H2,1,3-4H3,(H,26,27). The van der Waals surface area contributed by atoms with E-state index in [9.17, 15) is 4.39 Å². The number of aromatic nitrogens is 1. The third-order valence-electron chi connectivity index (χ3n) is 5.98. The molecule has 0 unspecified atom stereocenters. The molecule has 2 aliphatic rings. The molecule has 152 valence electrons. The number of halogens is 1. The summed E-state index contributed by atoms with van der Waals surface area (Å²) < 4.78 is 14.6. The first-order valence-corrected chi connectivity index (χ1v) is 10.1. The molecule has 2 aliphatic heterocycles. The van der Waals surface area contributed by atoms with Crippen LogP contribution in [0.15, 0.2) is 48.0 Å². The van der Waals surface area contributed by atoms with Crippen molar-refractivity contribution in [1.29, 1.82) is 0 Å². The van der Waals surface area contributed by atoms with E-state index in [-0.39, 0.29) is 5.82 Å². The summed E-state index contributed by atoms with van der Waals surface area (Å²) in [7, 11) is 4.23. The van der Waals surface area contributed by atoms with Crippen molar-refractivity contribution in [2.24, 2.45) is 4.99 Å². The van der Waals surface area contributed by atoms with E-state index in [2.05, 4.69) is 45.8 Å². The molecule has 29 heavy (non-hydrogen) atoms. The Morgan fingerprint density at radius 2 is 2.03 bits per heavy atom. The lowest BCUT2D eigenvalue weighted by Gasteiger charge is -2.37. The van der Waals surface area contributed by atoms with Crippen molar-refractivity contribution >= 4 is 27.9 Å². The Morgan fingerprint density at radius 3 is 2.72 bits per heavy atom. The summed E-state index contributed by atoms with van der Waals surface area (Å²) >= 11 is 0. The number of likely N-dealkylation sites (tertiary alicyclic amines) is 1. The topological polar surface area (TPSA) is 43.8 Å². The third-order valence-corrected chi connectivity index (χ3v) is 5.98. The van der Waals surface area contributed by atoms with Crippen LogP contribution < -0.4 is 5.32 Å². The van der Waals surface area contributed by atoms with Gasteiger partial charge in [0.25, 0.3) is 0 Å². The van der Waals surface area contributed by atoms with Crippen LogP contribution in [0.25, 0.3) is 16.3 Å². The average Bonchev–Trinajstić information content (AvgIpc) is 3.14. The van der Waals surface area contributed by atoms with Gasteiger partial charge in [0.15, 0.2) is 0 Å². The van der Waals surface area contributed by atoms with Crippen LogP contribution in [-0.4, -0.2) is 53.7 Å². The largest absolute Gasteiger partial charge is 0.359 e. The number of anilines is 1. The second-order valence-electron chi connectivity index (χ2n) is 8.16. The van der Waals surface area contributed by atoms with Crippen molar-refractivity contribution in [3.05, 3.63) is 54.4 Å². The van der Waals surface area contributed by atoms with Gasteiger partial charge in [-0.3, -0.25) is 4.99 Å². The van der Waals surface area contributed by atoms with Gasteiger partial charge in [0.2, 0.25) is 0 Å². The first-order valence-electron chi connectivity index (χ1n) is 10.1. The molecule has 5 nitrogen and oxygen atoms in total. The Kier molecular flexibility index (Phi) is 5.37. The van der Waals surface area contributed by atoms with Crippen LogP contribution in [0.3, 0.4) is 0 Å². The number of fused-ring (bicyclic) bond motifs is 1. The SMILES string of the molecule is C=C(Nc1cc2cc(C3=CN=C(C)C3)cc(F)c2cn1)N(C)C1CCN(C)CC1. The van der Waals surface area contributed by atoms with Crippen molar-refractivity contribution in [3.63, 3.8) is 0 Å². The number of aliphatic imine (C=N–C) groups is 1. The van der Waals surface area contributed by atoms with Gasteiger partial charge in [-0.2, -0.15) is 0 Å². The minimum absolute atomic E-state index is 0.260. The van der Waals surface area contributed by atoms with E-state index in [1.54, 1.807) is 12.3 Å². The van der Waals surface area contributed by atoms with E-state index in [4.69, 9.17) is 0 Å². The van der Waals surface area contributed by atoms with Gasteiger partial charge in [-0.15, -0.1) is 0 Å². The summed E-state index contributed by atoms with van der Waals surface area (Å²) in [6.45, 7) is 8.37. The number of allylic oxidation sites excluding steroid dienone is 1. The molecule has 1 saturated heterocycles. The first kappa shape index (κ1) is 19.6. The molecule has 0 spiro atoms. The molecule has 3 heterocycles. The summed E-state index contributed by atoms with van der Waals surface area (Å²) in [4.78, 5) is 13.3. The lowest BCUT2D eigenvalue weighted by Crippen LogP contribution is -2.42.